The number of carboxylic acid groups (broad SMARTS) is 1. The number of halogens is 2. The van der Waals surface area contributed by atoms with E-state index < -0.39 is 11.9 Å². The van der Waals surface area contributed by atoms with Crippen molar-refractivity contribution in [3.63, 3.8) is 0 Å². The normalized spacial score (nSPS) is 11.8. The van der Waals surface area contributed by atoms with Crippen molar-refractivity contribution in [2.24, 2.45) is 0 Å². The molecule has 0 aliphatic carbocycles. The summed E-state index contributed by atoms with van der Waals surface area (Å²) in [6.07, 6.45) is 0. The zero-order chi connectivity index (χ0) is 13.9. The fourth-order valence-electron chi connectivity index (χ4n) is 1.14. The number of carboxylic acids is 1. The fraction of sp³-hybridized carbons (Fsp3) is 0.167. The molecule has 1 amide bonds. The standard InChI is InChI=1S/C12H11Cl2NO3/c1-6(7(2)12(17)18)11(16)15-10-5-8(13)3-4-9(10)14/h3-5H,1-2H3,(H,15,16)(H,17,18)/b7-6-. The first-order chi connectivity index (χ1) is 8.32. The second kappa shape index (κ2) is 5.89. The molecule has 0 fully saturated rings. The van der Waals surface area contributed by atoms with Crippen molar-refractivity contribution in [2.45, 2.75) is 13.8 Å². The zero-order valence-electron chi connectivity index (χ0n) is 9.75. The maximum Gasteiger partial charge on any atom is 0.331 e. The molecule has 0 aliphatic rings. The van der Waals surface area contributed by atoms with Gasteiger partial charge in [-0.25, -0.2) is 4.79 Å². The molecule has 1 aromatic rings. The van der Waals surface area contributed by atoms with Crippen LogP contribution in [-0.2, 0) is 9.59 Å². The summed E-state index contributed by atoms with van der Waals surface area (Å²) >= 11 is 11.7. The van der Waals surface area contributed by atoms with Crippen LogP contribution in [0.3, 0.4) is 0 Å². The summed E-state index contributed by atoms with van der Waals surface area (Å²) in [4.78, 5) is 22.5. The fourth-order valence-corrected chi connectivity index (χ4v) is 1.48. The van der Waals surface area contributed by atoms with Crippen molar-refractivity contribution in [1.29, 1.82) is 0 Å². The van der Waals surface area contributed by atoms with Gasteiger partial charge in [-0.2, -0.15) is 0 Å². The number of nitrogens with one attached hydrogen (secondary N) is 1. The van der Waals surface area contributed by atoms with Crippen LogP contribution in [0.2, 0.25) is 10.0 Å². The van der Waals surface area contributed by atoms with Crippen molar-refractivity contribution < 1.29 is 14.7 Å². The van der Waals surface area contributed by atoms with Crippen LogP contribution in [0.25, 0.3) is 0 Å². The quantitative estimate of drug-likeness (QED) is 0.838. The van der Waals surface area contributed by atoms with Gasteiger partial charge in [-0.3, -0.25) is 4.79 Å². The maximum atomic E-state index is 11.8. The number of hydrogen-bond donors (Lipinski definition) is 2. The summed E-state index contributed by atoms with van der Waals surface area (Å²) < 4.78 is 0. The van der Waals surface area contributed by atoms with Gasteiger partial charge in [0.25, 0.3) is 5.91 Å². The summed E-state index contributed by atoms with van der Waals surface area (Å²) in [5, 5.41) is 12.0. The number of amides is 1. The largest absolute Gasteiger partial charge is 0.478 e. The molecule has 0 radical (unpaired) electrons. The number of anilines is 1. The van der Waals surface area contributed by atoms with Gasteiger partial charge in [-0.05, 0) is 32.0 Å². The molecule has 0 saturated heterocycles. The highest BCUT2D eigenvalue weighted by atomic mass is 35.5. The Kier molecular flexibility index (Phi) is 4.76. The predicted molar refractivity (Wildman–Crippen MR) is 71.1 cm³/mol. The minimum Gasteiger partial charge on any atom is -0.478 e. The second-order valence-electron chi connectivity index (χ2n) is 3.63. The molecule has 0 aromatic heterocycles. The Morgan fingerprint density at radius 2 is 1.78 bits per heavy atom. The number of carbonyl (C=O) groups is 2. The van der Waals surface area contributed by atoms with Crippen LogP contribution < -0.4 is 5.32 Å². The van der Waals surface area contributed by atoms with Crippen LogP contribution in [0.15, 0.2) is 29.3 Å². The first-order valence-corrected chi connectivity index (χ1v) is 5.75. The van der Waals surface area contributed by atoms with Gasteiger partial charge in [-0.1, -0.05) is 23.2 Å². The van der Waals surface area contributed by atoms with Crippen molar-refractivity contribution in [2.75, 3.05) is 5.32 Å². The van der Waals surface area contributed by atoms with Crippen LogP contribution in [0.1, 0.15) is 13.8 Å². The summed E-state index contributed by atoms with van der Waals surface area (Å²) in [6, 6.07) is 4.62. The van der Waals surface area contributed by atoms with Crippen molar-refractivity contribution in [3.8, 4) is 0 Å². The van der Waals surface area contributed by atoms with Gasteiger partial charge in [0, 0.05) is 16.2 Å². The summed E-state index contributed by atoms with van der Waals surface area (Å²) in [5.41, 5.74) is 0.427. The predicted octanol–water partition coefficient (Wildman–Crippen LogP) is 3.35. The van der Waals surface area contributed by atoms with E-state index in [1.165, 1.54) is 19.9 Å². The molecule has 0 bridgehead atoms. The summed E-state index contributed by atoms with van der Waals surface area (Å²) in [5.74, 6) is -1.67. The van der Waals surface area contributed by atoms with Crippen LogP contribution in [0.5, 0.6) is 0 Å². The minimum absolute atomic E-state index is 0.0225. The van der Waals surface area contributed by atoms with E-state index in [-0.39, 0.29) is 11.1 Å². The molecule has 6 heteroatoms. The van der Waals surface area contributed by atoms with Crippen molar-refractivity contribution >= 4 is 40.8 Å². The topological polar surface area (TPSA) is 66.4 Å². The molecule has 1 rings (SSSR count). The molecule has 4 nitrogen and oxygen atoms in total. The van der Waals surface area contributed by atoms with Crippen LogP contribution in [0.4, 0.5) is 5.69 Å². The van der Waals surface area contributed by atoms with E-state index in [0.29, 0.717) is 15.7 Å². The number of hydrogen-bond acceptors (Lipinski definition) is 2. The Morgan fingerprint density at radius 1 is 1.17 bits per heavy atom. The van der Waals surface area contributed by atoms with Crippen LogP contribution in [-0.4, -0.2) is 17.0 Å². The molecule has 96 valence electrons. The Morgan fingerprint density at radius 3 is 2.33 bits per heavy atom. The number of aliphatic carboxylic acids is 1. The van der Waals surface area contributed by atoms with E-state index >= 15 is 0 Å². The van der Waals surface area contributed by atoms with E-state index in [2.05, 4.69) is 5.32 Å². The van der Waals surface area contributed by atoms with Crippen LogP contribution in [0, 0.1) is 0 Å². The number of rotatable bonds is 3. The maximum absolute atomic E-state index is 11.8. The average Bonchev–Trinajstić information content (AvgIpc) is 2.31. The molecular formula is C12H11Cl2NO3. The summed E-state index contributed by atoms with van der Waals surface area (Å²) in [7, 11) is 0. The molecule has 0 unspecified atom stereocenters. The lowest BCUT2D eigenvalue weighted by atomic mass is 10.1. The van der Waals surface area contributed by atoms with Gasteiger partial charge in [0.15, 0.2) is 0 Å². The highest BCUT2D eigenvalue weighted by Crippen LogP contribution is 2.25. The third-order valence-corrected chi connectivity index (χ3v) is 2.97. The highest BCUT2D eigenvalue weighted by Gasteiger charge is 2.14. The van der Waals surface area contributed by atoms with Crippen molar-refractivity contribution in [3.05, 3.63) is 39.4 Å². The molecule has 0 saturated carbocycles. The monoisotopic (exact) mass is 287 g/mol. The molecule has 2 N–H and O–H groups in total. The van der Waals surface area contributed by atoms with Gasteiger partial charge in [0.05, 0.1) is 10.7 Å². The Bertz CT molecular complexity index is 538. The Balaban J connectivity index is 2.98. The molecule has 0 aliphatic heterocycles. The molecular weight excluding hydrogens is 277 g/mol. The number of benzene rings is 1. The highest BCUT2D eigenvalue weighted by molar-refractivity contribution is 6.35. The lowest BCUT2D eigenvalue weighted by Crippen LogP contribution is -2.16. The Hall–Kier alpha value is -1.52. The van der Waals surface area contributed by atoms with E-state index in [0.717, 1.165) is 0 Å². The van der Waals surface area contributed by atoms with E-state index in [9.17, 15) is 9.59 Å². The number of carbonyl (C=O) groups excluding carboxylic acids is 1. The molecule has 0 spiro atoms. The van der Waals surface area contributed by atoms with Crippen molar-refractivity contribution in [1.82, 2.24) is 0 Å². The lowest BCUT2D eigenvalue weighted by molar-refractivity contribution is -0.133. The van der Waals surface area contributed by atoms with Gasteiger partial charge >= 0.3 is 5.97 Å². The van der Waals surface area contributed by atoms with Gasteiger partial charge in [-0.15, -0.1) is 0 Å². The molecule has 1 aromatic carbocycles. The lowest BCUT2D eigenvalue weighted by Gasteiger charge is -2.09. The second-order valence-corrected chi connectivity index (χ2v) is 4.48. The first kappa shape index (κ1) is 14.5. The van der Waals surface area contributed by atoms with E-state index in [1.807, 2.05) is 0 Å². The smallest absolute Gasteiger partial charge is 0.331 e. The Labute approximate surface area is 114 Å². The zero-order valence-corrected chi connectivity index (χ0v) is 11.3. The van der Waals surface area contributed by atoms with E-state index in [4.69, 9.17) is 28.3 Å². The molecule has 18 heavy (non-hydrogen) atoms. The van der Waals surface area contributed by atoms with Gasteiger partial charge in [0.2, 0.25) is 0 Å². The van der Waals surface area contributed by atoms with E-state index in [1.54, 1.807) is 12.1 Å². The van der Waals surface area contributed by atoms with Gasteiger partial charge in [0.1, 0.15) is 0 Å². The third kappa shape index (κ3) is 3.48. The SMILES string of the molecule is C/C(C(=O)O)=C(\C)C(=O)Nc1cc(Cl)ccc1Cl. The molecule has 0 heterocycles. The average molecular weight is 288 g/mol. The molecule has 0 atom stereocenters. The van der Waals surface area contributed by atoms with Gasteiger partial charge < -0.3 is 10.4 Å². The minimum atomic E-state index is -1.14. The third-order valence-electron chi connectivity index (χ3n) is 2.40. The van der Waals surface area contributed by atoms with Crippen LogP contribution >= 0.6 is 23.2 Å². The summed E-state index contributed by atoms with van der Waals surface area (Å²) in [6.45, 7) is 2.79. The first-order valence-electron chi connectivity index (χ1n) is 5.00.